The second kappa shape index (κ2) is 4.72. The Hall–Kier alpha value is -1.94. The van der Waals surface area contributed by atoms with Gasteiger partial charge in [0.25, 0.3) is 0 Å². The monoisotopic (exact) mass is 214 g/mol. The van der Waals surface area contributed by atoms with Crippen LogP contribution in [0.2, 0.25) is 0 Å². The summed E-state index contributed by atoms with van der Waals surface area (Å²) in [5, 5.41) is 11.3. The average molecular weight is 214 g/mol. The van der Waals surface area contributed by atoms with Gasteiger partial charge in [-0.25, -0.2) is 0 Å². The van der Waals surface area contributed by atoms with Gasteiger partial charge in [-0.3, -0.25) is 10.4 Å². The van der Waals surface area contributed by atoms with Gasteiger partial charge >= 0.3 is 0 Å². The molecule has 1 aromatic heterocycles. The first-order valence-corrected chi connectivity index (χ1v) is 5.13. The highest BCUT2D eigenvalue weighted by atomic mass is 14.9. The van der Waals surface area contributed by atoms with Crippen LogP contribution in [-0.4, -0.2) is 17.4 Å². The molecule has 0 amide bonds. The standard InChI is InChI=1S/C12H14N4/c13-12(14)8-15-7-9-3-4-11-10(6-9)2-1-5-16-11/h1-6,15H,7-8H2,(H3,13,14). The maximum absolute atomic E-state index is 7.10. The molecule has 0 unspecified atom stereocenters. The zero-order chi connectivity index (χ0) is 11.4. The van der Waals surface area contributed by atoms with E-state index in [2.05, 4.69) is 16.4 Å². The van der Waals surface area contributed by atoms with Gasteiger partial charge in [0.15, 0.2) is 0 Å². The number of nitrogens with zero attached hydrogens (tertiary/aromatic N) is 1. The minimum absolute atomic E-state index is 0.155. The molecule has 4 heteroatoms. The molecule has 4 N–H and O–H groups in total. The molecule has 0 saturated heterocycles. The van der Waals surface area contributed by atoms with Crippen molar-refractivity contribution in [3.63, 3.8) is 0 Å². The fourth-order valence-electron chi connectivity index (χ4n) is 1.58. The molecular weight excluding hydrogens is 200 g/mol. The predicted molar refractivity (Wildman–Crippen MR) is 65.4 cm³/mol. The van der Waals surface area contributed by atoms with E-state index in [1.165, 1.54) is 5.56 Å². The highest BCUT2D eigenvalue weighted by Gasteiger charge is 1.97. The first-order chi connectivity index (χ1) is 7.75. The lowest BCUT2D eigenvalue weighted by atomic mass is 10.1. The molecule has 2 rings (SSSR count). The Labute approximate surface area is 94.0 Å². The van der Waals surface area contributed by atoms with E-state index in [9.17, 15) is 0 Å². The molecule has 16 heavy (non-hydrogen) atoms. The van der Waals surface area contributed by atoms with Gasteiger partial charge in [0, 0.05) is 18.1 Å². The first-order valence-electron chi connectivity index (χ1n) is 5.13. The van der Waals surface area contributed by atoms with Gasteiger partial charge in [-0.2, -0.15) is 0 Å². The van der Waals surface area contributed by atoms with E-state index in [1.54, 1.807) is 6.20 Å². The number of hydrogen-bond donors (Lipinski definition) is 3. The van der Waals surface area contributed by atoms with Crippen molar-refractivity contribution in [1.82, 2.24) is 10.3 Å². The van der Waals surface area contributed by atoms with Crippen molar-refractivity contribution in [3.8, 4) is 0 Å². The molecule has 2 aromatic rings. The number of pyridine rings is 1. The molecule has 0 aliphatic rings. The van der Waals surface area contributed by atoms with Crippen molar-refractivity contribution in [1.29, 1.82) is 5.41 Å². The summed E-state index contributed by atoms with van der Waals surface area (Å²) in [6, 6.07) is 10.1. The lowest BCUT2D eigenvalue weighted by Gasteiger charge is -2.04. The minimum atomic E-state index is 0.155. The molecule has 0 fully saturated rings. The number of benzene rings is 1. The molecule has 0 bridgehead atoms. The van der Waals surface area contributed by atoms with Crippen LogP contribution in [0.4, 0.5) is 0 Å². The van der Waals surface area contributed by atoms with Gasteiger partial charge in [-0.15, -0.1) is 0 Å². The molecule has 1 heterocycles. The lowest BCUT2D eigenvalue weighted by Crippen LogP contribution is -2.27. The SMILES string of the molecule is N=C(N)CNCc1ccc2ncccc2c1. The van der Waals surface area contributed by atoms with E-state index >= 15 is 0 Å². The molecular formula is C12H14N4. The summed E-state index contributed by atoms with van der Waals surface area (Å²) in [6.07, 6.45) is 1.79. The lowest BCUT2D eigenvalue weighted by molar-refractivity contribution is 0.772. The summed E-state index contributed by atoms with van der Waals surface area (Å²) in [5.41, 5.74) is 7.42. The summed E-state index contributed by atoms with van der Waals surface area (Å²) in [7, 11) is 0. The number of nitrogens with one attached hydrogen (secondary N) is 2. The van der Waals surface area contributed by atoms with E-state index in [-0.39, 0.29) is 5.84 Å². The van der Waals surface area contributed by atoms with Crippen LogP contribution in [0, 0.1) is 5.41 Å². The Morgan fingerprint density at radius 2 is 2.25 bits per heavy atom. The average Bonchev–Trinajstić information content (AvgIpc) is 2.28. The summed E-state index contributed by atoms with van der Waals surface area (Å²) >= 11 is 0. The zero-order valence-corrected chi connectivity index (χ0v) is 8.90. The predicted octanol–water partition coefficient (Wildman–Crippen LogP) is 1.26. The van der Waals surface area contributed by atoms with Crippen LogP contribution >= 0.6 is 0 Å². The van der Waals surface area contributed by atoms with Crippen LogP contribution in [-0.2, 0) is 6.54 Å². The van der Waals surface area contributed by atoms with E-state index in [0.29, 0.717) is 13.1 Å². The Morgan fingerprint density at radius 3 is 3.06 bits per heavy atom. The third-order valence-corrected chi connectivity index (χ3v) is 2.31. The molecule has 4 nitrogen and oxygen atoms in total. The number of nitrogens with two attached hydrogens (primary N) is 1. The van der Waals surface area contributed by atoms with Crippen molar-refractivity contribution in [2.24, 2.45) is 5.73 Å². The zero-order valence-electron chi connectivity index (χ0n) is 8.90. The number of rotatable bonds is 4. The van der Waals surface area contributed by atoms with Gasteiger partial charge in [-0.1, -0.05) is 12.1 Å². The van der Waals surface area contributed by atoms with E-state index in [1.807, 2.05) is 24.3 Å². The van der Waals surface area contributed by atoms with Crippen LogP contribution in [0.1, 0.15) is 5.56 Å². The minimum Gasteiger partial charge on any atom is -0.387 e. The topological polar surface area (TPSA) is 74.8 Å². The van der Waals surface area contributed by atoms with E-state index in [0.717, 1.165) is 10.9 Å². The summed E-state index contributed by atoms with van der Waals surface area (Å²) in [4.78, 5) is 4.26. The van der Waals surface area contributed by atoms with E-state index < -0.39 is 0 Å². The van der Waals surface area contributed by atoms with Gasteiger partial charge in [0.1, 0.15) is 5.84 Å². The number of aromatic nitrogens is 1. The third kappa shape index (κ3) is 2.55. The Kier molecular flexibility index (Phi) is 3.12. The van der Waals surface area contributed by atoms with Crippen molar-refractivity contribution in [3.05, 3.63) is 42.1 Å². The second-order valence-electron chi connectivity index (χ2n) is 3.66. The highest BCUT2D eigenvalue weighted by molar-refractivity contribution is 5.79. The smallest absolute Gasteiger partial charge is 0.105 e. The van der Waals surface area contributed by atoms with Crippen molar-refractivity contribution < 1.29 is 0 Å². The molecule has 1 aromatic carbocycles. The number of amidine groups is 1. The van der Waals surface area contributed by atoms with Crippen LogP contribution in [0.25, 0.3) is 10.9 Å². The van der Waals surface area contributed by atoms with Gasteiger partial charge in [0.2, 0.25) is 0 Å². The Morgan fingerprint density at radius 1 is 1.38 bits per heavy atom. The number of fused-ring (bicyclic) bond motifs is 1. The van der Waals surface area contributed by atoms with Gasteiger partial charge in [-0.05, 0) is 23.8 Å². The number of hydrogen-bond acceptors (Lipinski definition) is 3. The first kappa shape index (κ1) is 10.6. The van der Waals surface area contributed by atoms with Crippen molar-refractivity contribution in [2.45, 2.75) is 6.54 Å². The fraction of sp³-hybridized carbons (Fsp3) is 0.167. The van der Waals surface area contributed by atoms with Crippen LogP contribution in [0.5, 0.6) is 0 Å². The summed E-state index contributed by atoms with van der Waals surface area (Å²) in [6.45, 7) is 1.13. The van der Waals surface area contributed by atoms with Crippen LogP contribution < -0.4 is 11.1 Å². The summed E-state index contributed by atoms with van der Waals surface area (Å²) in [5.74, 6) is 0.155. The van der Waals surface area contributed by atoms with Gasteiger partial charge < -0.3 is 11.1 Å². The molecule has 0 aliphatic heterocycles. The van der Waals surface area contributed by atoms with Crippen molar-refractivity contribution >= 4 is 16.7 Å². The van der Waals surface area contributed by atoms with E-state index in [4.69, 9.17) is 11.1 Å². The normalized spacial score (nSPS) is 10.5. The van der Waals surface area contributed by atoms with Crippen LogP contribution in [0.3, 0.4) is 0 Å². The molecule has 0 radical (unpaired) electrons. The quantitative estimate of drug-likeness (QED) is 0.530. The molecule has 0 atom stereocenters. The third-order valence-electron chi connectivity index (χ3n) is 2.31. The molecule has 0 aliphatic carbocycles. The maximum atomic E-state index is 7.10. The Bertz CT molecular complexity index is 507. The molecule has 0 spiro atoms. The van der Waals surface area contributed by atoms with Crippen molar-refractivity contribution in [2.75, 3.05) is 6.54 Å². The van der Waals surface area contributed by atoms with Gasteiger partial charge in [0.05, 0.1) is 12.1 Å². The largest absolute Gasteiger partial charge is 0.387 e. The summed E-state index contributed by atoms with van der Waals surface area (Å²) < 4.78 is 0. The Balaban J connectivity index is 2.10. The molecule has 0 saturated carbocycles. The highest BCUT2D eigenvalue weighted by Crippen LogP contribution is 2.12. The van der Waals surface area contributed by atoms with Crippen LogP contribution in [0.15, 0.2) is 36.5 Å². The fourth-order valence-corrected chi connectivity index (χ4v) is 1.58. The maximum Gasteiger partial charge on any atom is 0.105 e. The molecule has 82 valence electrons. The second-order valence-corrected chi connectivity index (χ2v) is 3.66.